The molecular weight excluding hydrogens is 317 g/mol. The molecule has 0 fully saturated rings. The fraction of sp³-hybridized carbons (Fsp3) is 0. The monoisotopic (exact) mass is 330 g/mol. The summed E-state index contributed by atoms with van der Waals surface area (Å²) in [6.07, 6.45) is 5.55. The fourth-order valence-corrected chi connectivity index (χ4v) is 1.21. The Kier molecular flexibility index (Phi) is 8.21. The van der Waals surface area contributed by atoms with E-state index in [1.807, 2.05) is 0 Å². The van der Waals surface area contributed by atoms with Gasteiger partial charge in [0.1, 0.15) is 0 Å². The smallest absolute Gasteiger partial charge is 0.337 e. The minimum atomic E-state index is -0.988. The van der Waals surface area contributed by atoms with Crippen LogP contribution in [0.1, 0.15) is 16.1 Å². The standard InChI is InChI=1S/C7H7NO2.C6H6N2O2.Mn/c8-6-4-2-1-3-5(6)7(9)10;9-6(10)2-1-5-3-7-4-8-5;/h1-4H,8H2,(H,9,10);1-4H,(H,7,8)(H,9,10);/b;2-1-;. The van der Waals surface area contributed by atoms with Crippen LogP contribution in [0.4, 0.5) is 5.69 Å². The first kappa shape index (κ1) is 18.4. The maximum Gasteiger partial charge on any atom is 0.337 e. The van der Waals surface area contributed by atoms with Crippen LogP contribution in [0.5, 0.6) is 0 Å². The molecule has 0 saturated carbocycles. The number of nitrogens with zero attached hydrogens (tertiary/aromatic N) is 1. The van der Waals surface area contributed by atoms with Gasteiger partial charge in [0, 0.05) is 35.0 Å². The van der Waals surface area contributed by atoms with Crippen LogP contribution in [-0.2, 0) is 21.9 Å². The van der Waals surface area contributed by atoms with Gasteiger partial charge in [0.15, 0.2) is 0 Å². The van der Waals surface area contributed by atoms with E-state index in [0.29, 0.717) is 11.4 Å². The molecule has 8 heteroatoms. The maximum absolute atomic E-state index is 10.3. The first-order valence-corrected chi connectivity index (χ1v) is 5.48. The first-order chi connectivity index (χ1) is 9.50. The number of para-hydroxylation sites is 1. The van der Waals surface area contributed by atoms with Gasteiger partial charge in [-0.1, -0.05) is 12.1 Å². The summed E-state index contributed by atoms with van der Waals surface area (Å²) < 4.78 is 0. The number of nitrogen functional groups attached to an aromatic ring is 1. The second-order valence-corrected chi connectivity index (χ2v) is 3.56. The predicted molar refractivity (Wildman–Crippen MR) is 73.1 cm³/mol. The number of hydrogen-bond donors (Lipinski definition) is 4. The molecule has 0 amide bonds. The van der Waals surface area contributed by atoms with Gasteiger partial charge < -0.3 is 20.9 Å². The third-order valence-corrected chi connectivity index (χ3v) is 2.11. The van der Waals surface area contributed by atoms with E-state index in [1.165, 1.54) is 18.5 Å². The number of nitrogens with two attached hydrogens (primary N) is 1. The van der Waals surface area contributed by atoms with Crippen molar-refractivity contribution in [1.29, 1.82) is 0 Å². The number of benzene rings is 1. The molecule has 0 atom stereocenters. The van der Waals surface area contributed by atoms with Crippen molar-refractivity contribution in [3.05, 3.63) is 54.1 Å². The molecule has 0 unspecified atom stereocenters. The summed E-state index contributed by atoms with van der Waals surface area (Å²) in [6.45, 7) is 0. The Bertz CT molecular complexity index is 612. The Hall–Kier alpha value is -2.57. The normalized spacial score (nSPS) is 9.33. The molecule has 0 aliphatic carbocycles. The second kappa shape index (κ2) is 9.35. The van der Waals surface area contributed by atoms with E-state index in [-0.39, 0.29) is 22.6 Å². The number of rotatable bonds is 3. The average Bonchev–Trinajstić information content (AvgIpc) is 2.90. The van der Waals surface area contributed by atoms with Crippen molar-refractivity contribution in [2.75, 3.05) is 5.73 Å². The molecule has 0 bridgehead atoms. The van der Waals surface area contributed by atoms with E-state index in [0.717, 1.165) is 6.08 Å². The molecule has 7 nitrogen and oxygen atoms in total. The number of carboxylic acid groups (broad SMARTS) is 2. The van der Waals surface area contributed by atoms with Gasteiger partial charge in [-0.25, -0.2) is 14.6 Å². The maximum atomic E-state index is 10.3. The van der Waals surface area contributed by atoms with Crippen molar-refractivity contribution < 1.29 is 36.9 Å². The van der Waals surface area contributed by atoms with Crippen LogP contribution in [-0.4, -0.2) is 32.1 Å². The number of aromatic amines is 1. The molecule has 111 valence electrons. The molecule has 2 aromatic rings. The molecule has 0 aliphatic rings. The number of carbonyl (C=O) groups is 2. The summed E-state index contributed by atoms with van der Waals surface area (Å²) in [6, 6.07) is 6.36. The van der Waals surface area contributed by atoms with E-state index in [9.17, 15) is 9.59 Å². The number of aromatic nitrogens is 2. The molecule has 0 spiro atoms. The summed E-state index contributed by atoms with van der Waals surface area (Å²) in [7, 11) is 0. The van der Waals surface area contributed by atoms with Gasteiger partial charge >= 0.3 is 11.9 Å². The van der Waals surface area contributed by atoms with Gasteiger partial charge in [-0.3, -0.25) is 0 Å². The number of nitrogens with one attached hydrogen (secondary N) is 1. The Labute approximate surface area is 131 Å². The van der Waals surface area contributed by atoms with Crippen molar-refractivity contribution in [2.45, 2.75) is 0 Å². The third-order valence-electron chi connectivity index (χ3n) is 2.11. The van der Waals surface area contributed by atoms with Crippen molar-refractivity contribution in [1.82, 2.24) is 9.97 Å². The number of aliphatic carboxylic acids is 1. The minimum Gasteiger partial charge on any atom is -0.478 e. The topological polar surface area (TPSA) is 129 Å². The molecule has 5 N–H and O–H groups in total. The Morgan fingerprint density at radius 2 is 1.90 bits per heavy atom. The summed E-state index contributed by atoms with van der Waals surface area (Å²) >= 11 is 0. The van der Waals surface area contributed by atoms with Crippen LogP contribution in [0.25, 0.3) is 6.08 Å². The summed E-state index contributed by atoms with van der Waals surface area (Å²) in [5.41, 5.74) is 6.41. The quantitative estimate of drug-likeness (QED) is 0.383. The number of aromatic carboxylic acids is 1. The average molecular weight is 330 g/mol. The third kappa shape index (κ3) is 6.95. The molecular formula is C13H13MnN3O4. The molecule has 0 aliphatic heterocycles. The van der Waals surface area contributed by atoms with Crippen LogP contribution in [0.3, 0.4) is 0 Å². The Balaban J connectivity index is 0.000000364. The number of hydrogen-bond acceptors (Lipinski definition) is 4. The fourth-order valence-electron chi connectivity index (χ4n) is 1.21. The SMILES string of the molecule is Nc1ccccc1C(=O)O.O=C(O)/C=C\c1c[nH]cn1.[Mn]. The number of H-pyrrole nitrogens is 1. The van der Waals surface area contributed by atoms with Gasteiger partial charge in [-0.05, 0) is 18.2 Å². The van der Waals surface area contributed by atoms with Crippen LogP contribution < -0.4 is 5.73 Å². The van der Waals surface area contributed by atoms with Crippen LogP contribution in [0, 0.1) is 0 Å². The van der Waals surface area contributed by atoms with E-state index in [2.05, 4.69) is 9.97 Å². The summed E-state index contributed by atoms with van der Waals surface area (Å²) in [4.78, 5) is 26.8. The molecule has 1 aromatic heterocycles. The van der Waals surface area contributed by atoms with Gasteiger partial charge in [0.2, 0.25) is 0 Å². The van der Waals surface area contributed by atoms with Crippen LogP contribution in [0.15, 0.2) is 42.9 Å². The molecule has 0 saturated heterocycles. The number of imidazole rings is 1. The summed E-state index contributed by atoms with van der Waals surface area (Å²) in [5, 5.41) is 16.7. The Morgan fingerprint density at radius 3 is 2.33 bits per heavy atom. The second-order valence-electron chi connectivity index (χ2n) is 3.56. The number of carboxylic acids is 2. The van der Waals surface area contributed by atoms with Crippen molar-refractivity contribution in [3.63, 3.8) is 0 Å². The molecule has 2 rings (SSSR count). The first-order valence-electron chi connectivity index (χ1n) is 5.48. The Morgan fingerprint density at radius 1 is 1.24 bits per heavy atom. The van der Waals surface area contributed by atoms with Gasteiger partial charge in [0.25, 0.3) is 0 Å². The predicted octanol–water partition coefficient (Wildman–Crippen LogP) is 1.47. The molecule has 21 heavy (non-hydrogen) atoms. The van der Waals surface area contributed by atoms with Gasteiger partial charge in [0.05, 0.1) is 17.6 Å². The van der Waals surface area contributed by atoms with Gasteiger partial charge in [-0.15, -0.1) is 0 Å². The molecule has 1 aromatic carbocycles. The summed E-state index contributed by atoms with van der Waals surface area (Å²) in [5.74, 6) is -1.96. The zero-order valence-electron chi connectivity index (χ0n) is 10.7. The van der Waals surface area contributed by atoms with Crippen LogP contribution >= 0.6 is 0 Å². The van der Waals surface area contributed by atoms with E-state index in [4.69, 9.17) is 15.9 Å². The van der Waals surface area contributed by atoms with Crippen molar-refractivity contribution in [3.8, 4) is 0 Å². The van der Waals surface area contributed by atoms with Crippen molar-refractivity contribution >= 4 is 23.7 Å². The zero-order valence-corrected chi connectivity index (χ0v) is 11.9. The van der Waals surface area contributed by atoms with E-state index in [1.54, 1.807) is 24.4 Å². The van der Waals surface area contributed by atoms with E-state index < -0.39 is 11.9 Å². The molecule has 1 radical (unpaired) electrons. The largest absolute Gasteiger partial charge is 0.478 e. The number of anilines is 1. The van der Waals surface area contributed by atoms with Crippen molar-refractivity contribution in [2.24, 2.45) is 0 Å². The van der Waals surface area contributed by atoms with E-state index >= 15 is 0 Å². The van der Waals surface area contributed by atoms with Gasteiger partial charge in [-0.2, -0.15) is 0 Å². The molecule has 1 heterocycles. The minimum absolute atomic E-state index is 0. The zero-order chi connectivity index (χ0) is 15.0. The van der Waals surface area contributed by atoms with Crippen LogP contribution in [0.2, 0.25) is 0 Å².